The monoisotopic (exact) mass is 496 g/mol. The third-order valence-corrected chi connectivity index (χ3v) is 5.61. The number of hydrogen-bond acceptors (Lipinski definition) is 10. The Morgan fingerprint density at radius 2 is 1.53 bits per heavy atom. The van der Waals surface area contributed by atoms with Crippen molar-refractivity contribution in [2.24, 2.45) is 0 Å². The van der Waals surface area contributed by atoms with Crippen LogP contribution >= 0.6 is 0 Å². The highest BCUT2D eigenvalue weighted by atomic mass is 32.2. The van der Waals surface area contributed by atoms with Crippen molar-refractivity contribution in [2.45, 2.75) is 18.8 Å². The maximum absolute atomic E-state index is 11.7. The van der Waals surface area contributed by atoms with Crippen LogP contribution in [0.2, 0.25) is 0 Å². The van der Waals surface area contributed by atoms with Crippen molar-refractivity contribution >= 4 is 10.1 Å². The van der Waals surface area contributed by atoms with Gasteiger partial charge in [-0.05, 0) is 37.3 Å². The van der Waals surface area contributed by atoms with Crippen LogP contribution in [0.1, 0.15) is 24.2 Å². The Morgan fingerprint density at radius 3 is 2.00 bits per heavy atom. The summed E-state index contributed by atoms with van der Waals surface area (Å²) in [6.07, 6.45) is 1.60. The highest BCUT2D eigenvalue weighted by molar-refractivity contribution is 7.86. The first-order valence-corrected chi connectivity index (χ1v) is 12.0. The number of hydrogen-bond donors (Lipinski definition) is 1. The van der Waals surface area contributed by atoms with Gasteiger partial charge in [0.2, 0.25) is 11.5 Å². The maximum Gasteiger partial charge on any atom is 0.306 e. The first-order valence-electron chi connectivity index (χ1n) is 10.2. The fourth-order valence-corrected chi connectivity index (χ4v) is 3.93. The molecule has 3 rings (SSSR count). The minimum atomic E-state index is -3.84. The zero-order valence-corrected chi connectivity index (χ0v) is 20.4. The average molecular weight is 497 g/mol. The third kappa shape index (κ3) is 5.32. The quantitative estimate of drug-likeness (QED) is 0.388. The van der Waals surface area contributed by atoms with Gasteiger partial charge in [0.25, 0.3) is 0 Å². The molecule has 1 aliphatic heterocycles. The highest BCUT2D eigenvalue weighted by Crippen LogP contribution is 2.46. The van der Waals surface area contributed by atoms with E-state index in [0.717, 1.165) is 6.26 Å². The summed E-state index contributed by atoms with van der Waals surface area (Å²) in [5.74, 6) is -0.890. The second kappa shape index (κ2) is 10.00. The molecule has 1 atom stereocenters. The summed E-state index contributed by atoms with van der Waals surface area (Å²) in [6.45, 7) is 6.42. The molecule has 34 heavy (non-hydrogen) atoms. The number of rotatable bonds is 10. The lowest BCUT2D eigenvalue weighted by Gasteiger charge is -2.25. The van der Waals surface area contributed by atoms with E-state index in [1.807, 2.05) is 0 Å². The van der Waals surface area contributed by atoms with Gasteiger partial charge in [0, 0.05) is 11.1 Å². The molecule has 1 aliphatic rings. The molecule has 1 N–H and O–H groups in total. The summed E-state index contributed by atoms with van der Waals surface area (Å²) < 4.78 is 61.9. The second-order valence-electron chi connectivity index (χ2n) is 7.48. The minimum absolute atomic E-state index is 0.0916. The van der Waals surface area contributed by atoms with Gasteiger partial charge in [-0.25, -0.2) is 0 Å². The standard InChI is InChI=1S/C23H28O10S/c1-7-16(14-10-19(28-4)22(20(11-14)29-5)33-34(6,25)26)32-18-13-15(12-17(27-3)21(18)24)23(2)30-8-9-31-23/h7,10-13,16,24H,1,8-9H2,2-6H3. The SMILES string of the molecule is C=CC(Oc1cc(C2(C)OCCO2)cc(OC)c1O)c1cc(OC)c(OS(C)(=O)=O)c(OC)c1. The summed E-state index contributed by atoms with van der Waals surface area (Å²) in [5, 5.41) is 10.7. The highest BCUT2D eigenvalue weighted by Gasteiger charge is 2.35. The van der Waals surface area contributed by atoms with Crippen LogP contribution in [0.4, 0.5) is 0 Å². The van der Waals surface area contributed by atoms with Gasteiger partial charge in [0.15, 0.2) is 28.8 Å². The average Bonchev–Trinajstić information content (AvgIpc) is 3.25. The number of ether oxygens (including phenoxy) is 6. The molecule has 1 saturated heterocycles. The lowest BCUT2D eigenvalue weighted by atomic mass is 10.0. The molecule has 0 aliphatic carbocycles. The van der Waals surface area contributed by atoms with Gasteiger partial charge in [-0.3, -0.25) is 0 Å². The van der Waals surface area contributed by atoms with E-state index >= 15 is 0 Å². The molecule has 1 unspecified atom stereocenters. The van der Waals surface area contributed by atoms with Crippen molar-refractivity contribution in [3.63, 3.8) is 0 Å². The molecule has 1 fully saturated rings. The lowest BCUT2D eigenvalue weighted by molar-refractivity contribution is -0.149. The van der Waals surface area contributed by atoms with Gasteiger partial charge in [-0.15, -0.1) is 0 Å². The topological polar surface area (TPSA) is 119 Å². The summed E-state index contributed by atoms with van der Waals surface area (Å²) in [4.78, 5) is 0. The minimum Gasteiger partial charge on any atom is -0.502 e. The molecule has 186 valence electrons. The Bertz CT molecular complexity index is 1130. The number of benzene rings is 2. The van der Waals surface area contributed by atoms with Gasteiger partial charge in [-0.1, -0.05) is 6.58 Å². The van der Waals surface area contributed by atoms with Crippen molar-refractivity contribution in [3.05, 3.63) is 48.0 Å². The second-order valence-corrected chi connectivity index (χ2v) is 9.06. The molecule has 0 amide bonds. The Balaban J connectivity index is 2.04. The van der Waals surface area contributed by atoms with E-state index in [2.05, 4.69) is 6.58 Å². The predicted octanol–water partition coefficient (Wildman–Crippen LogP) is 3.28. The van der Waals surface area contributed by atoms with Gasteiger partial charge in [0.05, 0.1) is 40.8 Å². The van der Waals surface area contributed by atoms with Gasteiger partial charge < -0.3 is 37.7 Å². The summed E-state index contributed by atoms with van der Waals surface area (Å²) in [6, 6.07) is 6.26. The molecule has 0 bridgehead atoms. The lowest BCUT2D eigenvalue weighted by Crippen LogP contribution is -2.22. The van der Waals surface area contributed by atoms with Crippen molar-refractivity contribution in [1.29, 1.82) is 0 Å². The normalized spacial score (nSPS) is 15.9. The van der Waals surface area contributed by atoms with Crippen LogP contribution < -0.4 is 23.1 Å². The zero-order chi connectivity index (χ0) is 25.1. The van der Waals surface area contributed by atoms with E-state index in [1.54, 1.807) is 19.1 Å². The van der Waals surface area contributed by atoms with Crippen molar-refractivity contribution < 1.29 is 46.1 Å². The molecule has 1 heterocycles. The zero-order valence-electron chi connectivity index (χ0n) is 19.6. The summed E-state index contributed by atoms with van der Waals surface area (Å²) in [5.41, 5.74) is 1.08. The number of phenolic OH excluding ortho intramolecular Hbond substituents is 1. The van der Waals surface area contributed by atoms with Crippen molar-refractivity contribution in [1.82, 2.24) is 0 Å². The van der Waals surface area contributed by atoms with E-state index < -0.39 is 22.0 Å². The van der Waals surface area contributed by atoms with Crippen molar-refractivity contribution in [3.8, 4) is 34.5 Å². The predicted molar refractivity (Wildman–Crippen MR) is 122 cm³/mol. The molecule has 0 spiro atoms. The molecule has 10 nitrogen and oxygen atoms in total. The molecule has 11 heteroatoms. The van der Waals surface area contributed by atoms with E-state index in [9.17, 15) is 13.5 Å². The molecular formula is C23H28O10S. The molecule has 2 aromatic rings. The van der Waals surface area contributed by atoms with E-state index in [0.29, 0.717) is 24.3 Å². The molecule has 2 aromatic carbocycles. The summed E-state index contributed by atoms with van der Waals surface area (Å²) in [7, 11) is 0.298. The van der Waals surface area contributed by atoms with Crippen LogP contribution in [0, 0.1) is 0 Å². The summed E-state index contributed by atoms with van der Waals surface area (Å²) >= 11 is 0. The molecule has 0 saturated carbocycles. The number of aromatic hydroxyl groups is 1. The number of methoxy groups -OCH3 is 3. The molecule has 0 radical (unpaired) electrons. The van der Waals surface area contributed by atoms with Gasteiger partial charge in [0.1, 0.15) is 6.10 Å². The first-order chi connectivity index (χ1) is 16.0. The van der Waals surface area contributed by atoms with Crippen LogP contribution in [0.25, 0.3) is 0 Å². The van der Waals surface area contributed by atoms with Crippen LogP contribution in [0.3, 0.4) is 0 Å². The van der Waals surface area contributed by atoms with Crippen LogP contribution in [0.5, 0.6) is 34.5 Å². The first kappa shape index (κ1) is 25.5. The maximum atomic E-state index is 11.7. The van der Waals surface area contributed by atoms with Gasteiger partial charge in [-0.2, -0.15) is 8.42 Å². The fourth-order valence-electron chi connectivity index (χ4n) is 3.46. The fraction of sp³-hybridized carbons (Fsp3) is 0.391. The Morgan fingerprint density at radius 1 is 1.00 bits per heavy atom. The molecular weight excluding hydrogens is 468 g/mol. The van der Waals surface area contributed by atoms with E-state index in [4.69, 9.17) is 32.6 Å². The Kier molecular flexibility index (Phi) is 7.49. The van der Waals surface area contributed by atoms with Crippen LogP contribution in [-0.4, -0.2) is 54.3 Å². The van der Waals surface area contributed by atoms with E-state index in [1.165, 1.54) is 39.5 Å². The third-order valence-electron chi connectivity index (χ3n) is 5.14. The Labute approximate surface area is 198 Å². The van der Waals surface area contributed by atoms with Gasteiger partial charge >= 0.3 is 10.1 Å². The largest absolute Gasteiger partial charge is 0.502 e. The Hall–Kier alpha value is -3.15. The molecule has 0 aromatic heterocycles. The van der Waals surface area contributed by atoms with Crippen molar-refractivity contribution in [2.75, 3.05) is 40.8 Å². The smallest absolute Gasteiger partial charge is 0.306 e. The van der Waals surface area contributed by atoms with Crippen LogP contribution in [-0.2, 0) is 25.4 Å². The van der Waals surface area contributed by atoms with E-state index in [-0.39, 0.29) is 34.5 Å². The number of phenols is 1. The van der Waals surface area contributed by atoms with Crippen LogP contribution in [0.15, 0.2) is 36.9 Å².